The third-order valence-corrected chi connectivity index (χ3v) is 14.2. The first-order valence-electron chi connectivity index (χ1n) is 23.4. The van der Waals surface area contributed by atoms with Crippen molar-refractivity contribution >= 4 is 46.7 Å². The molecule has 68 heavy (non-hydrogen) atoms. The lowest BCUT2D eigenvalue weighted by molar-refractivity contribution is -0.193. The molecule has 360 valence electrons. The zero-order chi connectivity index (χ0) is 48.4. The van der Waals surface area contributed by atoms with Gasteiger partial charge >= 0.3 is 24.0 Å². The van der Waals surface area contributed by atoms with Crippen molar-refractivity contribution in [2.24, 2.45) is 11.8 Å². The van der Waals surface area contributed by atoms with Crippen LogP contribution in [0.15, 0.2) is 59.2 Å². The predicted octanol–water partition coefficient (Wildman–Crippen LogP) is 9.29. The van der Waals surface area contributed by atoms with E-state index >= 15 is 17.6 Å². The number of alkyl carbamates (subject to hydrolysis) is 2. The topological polar surface area (TPSA) is 175 Å². The summed E-state index contributed by atoms with van der Waals surface area (Å²) in [6, 6.07) is 7.20. The quantitative estimate of drug-likeness (QED) is 0.114. The molecule has 18 heteroatoms. The Hall–Kier alpha value is -6.46. The largest absolute Gasteiger partial charge is 0.453 e. The van der Waals surface area contributed by atoms with Crippen molar-refractivity contribution < 1.29 is 46.2 Å². The molecule has 0 saturated carbocycles. The number of amides is 4. The van der Waals surface area contributed by atoms with Gasteiger partial charge in [-0.25, -0.2) is 19.6 Å². The summed E-state index contributed by atoms with van der Waals surface area (Å²) in [5.41, 5.74) is 3.71. The molecule has 5 aliphatic rings. The van der Waals surface area contributed by atoms with Crippen molar-refractivity contribution in [1.29, 1.82) is 0 Å². The van der Waals surface area contributed by atoms with E-state index in [9.17, 15) is 19.2 Å². The molecule has 2 aliphatic heterocycles. The number of methoxy groups -OCH3 is 2. The standard InChI is InChI=1S/C50H56F4N8O6/c1-25(2)41(59-47(65)67-5)45(63)61-19-7-9-39(61)43-55-35-17-13-29(23-37(35)57-43)27-11-15-31-32-16-12-28(22-34(32)50(53,54)49(51,52)33(31)21-27)30-14-18-36-38(24-30)58-44(56-36)40-10-8-20-62(40)46(64)42(26(3)4)60-48(66)68-6/h11,13,15,17,21-26,39-42H,7-10,12,14,16,18-20H2,1-6H3,(H,55,57)(H,56,58)(H,59,65)(H,60,66)/t39-,40-,41-,42-/m0/s1. The maximum absolute atomic E-state index is 16.4. The second-order valence-corrected chi connectivity index (χ2v) is 19.1. The molecule has 14 nitrogen and oxygen atoms in total. The predicted molar refractivity (Wildman–Crippen MR) is 245 cm³/mol. The van der Waals surface area contributed by atoms with Crippen LogP contribution in [0.5, 0.6) is 0 Å². The van der Waals surface area contributed by atoms with Crippen LogP contribution in [0.4, 0.5) is 27.2 Å². The number of aromatic amines is 2. The molecule has 4 atom stereocenters. The Bertz CT molecular complexity index is 2790. The van der Waals surface area contributed by atoms with Crippen LogP contribution in [0.25, 0.3) is 33.8 Å². The highest BCUT2D eigenvalue weighted by atomic mass is 19.3. The number of fused-ring (bicyclic) bond motifs is 4. The number of carbonyl (C=O) groups is 4. The molecule has 2 aromatic carbocycles. The van der Waals surface area contributed by atoms with Crippen LogP contribution in [0.3, 0.4) is 0 Å². The molecule has 2 fully saturated rings. The minimum Gasteiger partial charge on any atom is -0.453 e. The van der Waals surface area contributed by atoms with E-state index in [2.05, 4.69) is 20.6 Å². The van der Waals surface area contributed by atoms with E-state index in [1.54, 1.807) is 34.1 Å². The number of ether oxygens (including phenoxy) is 2. The number of hydrogen-bond donors (Lipinski definition) is 4. The van der Waals surface area contributed by atoms with Gasteiger partial charge in [-0.2, -0.15) is 17.6 Å². The minimum atomic E-state index is -4.52. The van der Waals surface area contributed by atoms with Crippen LogP contribution in [-0.2, 0) is 31.4 Å². The van der Waals surface area contributed by atoms with Crippen molar-refractivity contribution in [2.75, 3.05) is 27.3 Å². The van der Waals surface area contributed by atoms with Gasteiger partial charge in [-0.1, -0.05) is 45.9 Å². The van der Waals surface area contributed by atoms with E-state index in [-0.39, 0.29) is 47.2 Å². The van der Waals surface area contributed by atoms with Crippen LogP contribution in [0.2, 0.25) is 0 Å². The van der Waals surface area contributed by atoms with Crippen molar-refractivity contribution in [1.82, 2.24) is 40.4 Å². The summed E-state index contributed by atoms with van der Waals surface area (Å²) in [6.45, 7) is 8.31. The first-order chi connectivity index (χ1) is 32.4. The van der Waals surface area contributed by atoms with E-state index in [0.29, 0.717) is 90.3 Å². The molecular formula is C50H56F4N8O6. The fourth-order valence-corrected chi connectivity index (χ4v) is 10.5. The lowest BCUT2D eigenvalue weighted by atomic mass is 9.73. The summed E-state index contributed by atoms with van der Waals surface area (Å²) in [4.78, 5) is 71.3. The van der Waals surface area contributed by atoms with Gasteiger partial charge in [-0.15, -0.1) is 0 Å². The molecular weight excluding hydrogens is 885 g/mol. The minimum absolute atomic E-state index is 0.0984. The number of aromatic nitrogens is 4. The van der Waals surface area contributed by atoms with Gasteiger partial charge in [-0.05, 0) is 127 Å². The molecule has 4 aromatic rings. The number of aryl methyl sites for hydroxylation is 1. The Kier molecular flexibility index (Phi) is 12.3. The van der Waals surface area contributed by atoms with Gasteiger partial charge in [0.1, 0.15) is 23.7 Å². The number of halogens is 4. The van der Waals surface area contributed by atoms with Crippen molar-refractivity contribution in [3.8, 4) is 11.1 Å². The maximum Gasteiger partial charge on any atom is 0.407 e. The second-order valence-electron chi connectivity index (χ2n) is 19.1. The van der Waals surface area contributed by atoms with Crippen molar-refractivity contribution in [2.45, 2.75) is 115 Å². The van der Waals surface area contributed by atoms with E-state index in [1.807, 2.05) is 33.8 Å². The van der Waals surface area contributed by atoms with Crippen LogP contribution in [0, 0.1) is 11.8 Å². The molecule has 4 amide bonds. The highest BCUT2D eigenvalue weighted by Gasteiger charge is 2.63. The Labute approximate surface area is 391 Å². The summed E-state index contributed by atoms with van der Waals surface area (Å²) < 4.78 is 75.0. The third kappa shape index (κ3) is 8.12. The van der Waals surface area contributed by atoms with Gasteiger partial charge in [-0.3, -0.25) is 9.59 Å². The number of imidazole rings is 2. The van der Waals surface area contributed by atoms with Gasteiger partial charge in [0.2, 0.25) is 11.8 Å². The van der Waals surface area contributed by atoms with E-state index in [4.69, 9.17) is 19.4 Å². The van der Waals surface area contributed by atoms with Crippen LogP contribution in [0.1, 0.15) is 119 Å². The molecule has 3 aliphatic carbocycles. The molecule has 0 unspecified atom stereocenters. The summed E-state index contributed by atoms with van der Waals surface area (Å²) >= 11 is 0. The summed E-state index contributed by atoms with van der Waals surface area (Å²) in [6.07, 6.45) is 5.99. The maximum atomic E-state index is 16.4. The fraction of sp³-hybridized carbons (Fsp3) is 0.480. The number of H-pyrrole nitrogens is 2. The fourth-order valence-electron chi connectivity index (χ4n) is 10.5. The van der Waals surface area contributed by atoms with E-state index < -0.39 is 53.3 Å². The van der Waals surface area contributed by atoms with Crippen LogP contribution in [-0.4, -0.2) is 99.1 Å². The lowest BCUT2D eigenvalue weighted by Crippen LogP contribution is -2.51. The van der Waals surface area contributed by atoms with E-state index in [0.717, 1.165) is 24.1 Å². The van der Waals surface area contributed by atoms with Crippen LogP contribution < -0.4 is 10.6 Å². The van der Waals surface area contributed by atoms with Gasteiger partial charge in [0.25, 0.3) is 0 Å². The monoisotopic (exact) mass is 940 g/mol. The van der Waals surface area contributed by atoms with Crippen LogP contribution >= 0.6 is 0 Å². The lowest BCUT2D eigenvalue weighted by Gasteiger charge is -2.38. The Morgan fingerprint density at radius 3 is 1.87 bits per heavy atom. The molecule has 9 rings (SSSR count). The SMILES string of the molecule is COC(=O)N[C@H](C(=O)N1CCC[C@H]1c1nc2c([nH]1)CCC(C1=CC3=C(CC1)c1ccc(-c4ccc5nc([C@@H]6CCCN6C(=O)[C@@H](NC(=O)OC)C(C)C)[nH]c5c4)cc1C(F)(F)C3(F)F)=C2)C(C)C. The zero-order valence-corrected chi connectivity index (χ0v) is 38.9. The zero-order valence-electron chi connectivity index (χ0n) is 38.9. The number of hydrogen-bond acceptors (Lipinski definition) is 8. The number of nitrogens with zero attached hydrogens (tertiary/aromatic N) is 4. The highest BCUT2D eigenvalue weighted by molar-refractivity contribution is 5.89. The summed E-state index contributed by atoms with van der Waals surface area (Å²) in [5.74, 6) is -8.77. The highest BCUT2D eigenvalue weighted by Crippen LogP contribution is 2.58. The van der Waals surface area contributed by atoms with Gasteiger partial charge < -0.3 is 39.9 Å². The van der Waals surface area contributed by atoms with Crippen molar-refractivity contribution in [3.63, 3.8) is 0 Å². The van der Waals surface area contributed by atoms with Gasteiger partial charge in [0, 0.05) is 29.9 Å². The normalized spacial score (nSPS) is 21.5. The first-order valence-corrected chi connectivity index (χ1v) is 23.4. The third-order valence-electron chi connectivity index (χ3n) is 14.2. The first kappa shape index (κ1) is 46.6. The number of alkyl halides is 4. The Morgan fingerprint density at radius 1 is 0.706 bits per heavy atom. The number of benzene rings is 2. The number of likely N-dealkylation sites (tertiary alicyclic amines) is 2. The molecule has 2 saturated heterocycles. The molecule has 2 aromatic heterocycles. The second kappa shape index (κ2) is 17.9. The average Bonchev–Trinajstić information content (AvgIpc) is 4.16. The molecule has 4 N–H and O–H groups in total. The number of allylic oxidation sites excluding steroid dienone is 5. The Morgan fingerprint density at radius 2 is 1.26 bits per heavy atom. The summed E-state index contributed by atoms with van der Waals surface area (Å²) in [5, 5.41) is 5.29. The number of rotatable bonds is 10. The Balaban J connectivity index is 0.963. The van der Waals surface area contributed by atoms with Gasteiger partial charge in [0.15, 0.2) is 0 Å². The summed E-state index contributed by atoms with van der Waals surface area (Å²) in [7, 11) is 2.48. The average molecular weight is 941 g/mol. The molecule has 0 bridgehead atoms. The molecule has 4 heterocycles. The van der Waals surface area contributed by atoms with Crippen molar-refractivity contribution in [3.05, 3.63) is 93.4 Å². The van der Waals surface area contributed by atoms with E-state index in [1.165, 1.54) is 32.4 Å². The number of carbonyl (C=O) groups excluding carboxylic acids is 4. The molecule has 0 spiro atoms. The smallest absolute Gasteiger partial charge is 0.407 e. The van der Waals surface area contributed by atoms with Gasteiger partial charge in [0.05, 0.1) is 43.0 Å². The molecule has 0 radical (unpaired) electrons. The number of nitrogens with one attached hydrogen (secondary N) is 4.